The predicted octanol–water partition coefficient (Wildman–Crippen LogP) is 3.87. The Balaban J connectivity index is 1.81. The molecule has 0 spiro atoms. The normalized spacial score (nSPS) is 19.4. The van der Waals surface area contributed by atoms with Crippen molar-refractivity contribution in [2.45, 2.75) is 43.2 Å². The van der Waals surface area contributed by atoms with Crippen molar-refractivity contribution in [1.82, 2.24) is 9.62 Å². The van der Waals surface area contributed by atoms with Crippen LogP contribution in [0.2, 0.25) is 0 Å². The van der Waals surface area contributed by atoms with Crippen LogP contribution in [0.15, 0.2) is 64.0 Å². The van der Waals surface area contributed by atoms with Crippen molar-refractivity contribution in [1.29, 1.82) is 0 Å². The highest BCUT2D eigenvalue weighted by Crippen LogP contribution is 2.27. The first-order chi connectivity index (χ1) is 12.9. The lowest BCUT2D eigenvalue weighted by Crippen LogP contribution is -2.52. The lowest BCUT2D eigenvalue weighted by Gasteiger charge is -2.34. The summed E-state index contributed by atoms with van der Waals surface area (Å²) < 4.78 is 28.4. The molecule has 27 heavy (non-hydrogen) atoms. The number of hydrogen-bond acceptors (Lipinski definition) is 3. The van der Waals surface area contributed by atoms with E-state index in [1.807, 2.05) is 31.2 Å². The molecule has 1 saturated heterocycles. The fourth-order valence-electron chi connectivity index (χ4n) is 3.40. The number of nitrogens with zero attached hydrogens (tertiary/aromatic N) is 1. The maximum absolute atomic E-state index is 13.1. The Kier molecular flexibility index (Phi) is 6.34. The zero-order chi connectivity index (χ0) is 19.4. The number of halogens is 1. The van der Waals surface area contributed by atoms with Gasteiger partial charge in [0, 0.05) is 11.0 Å². The van der Waals surface area contributed by atoms with E-state index in [9.17, 15) is 13.2 Å². The van der Waals surface area contributed by atoms with Crippen LogP contribution >= 0.6 is 15.9 Å². The van der Waals surface area contributed by atoms with Gasteiger partial charge >= 0.3 is 0 Å². The molecule has 5 nitrogen and oxygen atoms in total. The van der Waals surface area contributed by atoms with E-state index >= 15 is 0 Å². The standard InChI is InChI=1S/C20H23BrN2O3S/c1-15(17-11-5-6-12-18(17)21)22-20(24)19-13-7-8-14-23(19)27(25,26)16-9-3-2-4-10-16/h2-6,9-12,15,19H,7-8,13-14H2,1H3,(H,22,24). The van der Waals surface area contributed by atoms with Crippen molar-refractivity contribution < 1.29 is 13.2 Å². The van der Waals surface area contributed by atoms with Crippen LogP contribution in [0.1, 0.15) is 37.8 Å². The maximum atomic E-state index is 13.1. The van der Waals surface area contributed by atoms with Crippen LogP contribution in [-0.2, 0) is 14.8 Å². The van der Waals surface area contributed by atoms with Crippen LogP contribution in [0, 0.1) is 0 Å². The summed E-state index contributed by atoms with van der Waals surface area (Å²) in [6.45, 7) is 2.26. The van der Waals surface area contributed by atoms with Crippen LogP contribution in [0.4, 0.5) is 0 Å². The van der Waals surface area contributed by atoms with Gasteiger partial charge in [0.1, 0.15) is 6.04 Å². The second-order valence-corrected chi connectivity index (χ2v) is 9.44. The molecule has 1 N–H and O–H groups in total. The van der Waals surface area contributed by atoms with Gasteiger partial charge in [0.2, 0.25) is 15.9 Å². The van der Waals surface area contributed by atoms with E-state index in [4.69, 9.17) is 0 Å². The molecule has 1 aliphatic heterocycles. The molecular formula is C20H23BrN2O3S. The predicted molar refractivity (Wildman–Crippen MR) is 109 cm³/mol. The lowest BCUT2D eigenvalue weighted by molar-refractivity contribution is -0.126. The second kappa shape index (κ2) is 8.54. The summed E-state index contributed by atoms with van der Waals surface area (Å²) in [6.07, 6.45) is 2.12. The average Bonchev–Trinajstić information content (AvgIpc) is 2.69. The second-order valence-electron chi connectivity index (χ2n) is 6.69. The first kappa shape index (κ1) is 20.0. The monoisotopic (exact) mass is 450 g/mol. The summed E-state index contributed by atoms with van der Waals surface area (Å²) in [5.74, 6) is -0.252. The quantitative estimate of drug-likeness (QED) is 0.751. The van der Waals surface area contributed by atoms with E-state index < -0.39 is 16.1 Å². The van der Waals surface area contributed by atoms with Crippen LogP contribution in [0.5, 0.6) is 0 Å². The number of carbonyl (C=O) groups is 1. The molecule has 1 aliphatic rings. The van der Waals surface area contributed by atoms with E-state index in [0.29, 0.717) is 13.0 Å². The molecule has 7 heteroatoms. The Morgan fingerprint density at radius 3 is 2.48 bits per heavy atom. The van der Waals surface area contributed by atoms with Gasteiger partial charge in [-0.05, 0) is 43.5 Å². The van der Waals surface area contributed by atoms with Gasteiger partial charge in [0.05, 0.1) is 10.9 Å². The highest BCUT2D eigenvalue weighted by molar-refractivity contribution is 9.10. The molecule has 0 saturated carbocycles. The van der Waals surface area contributed by atoms with Gasteiger partial charge < -0.3 is 5.32 Å². The maximum Gasteiger partial charge on any atom is 0.243 e. The van der Waals surface area contributed by atoms with Crippen LogP contribution in [0.25, 0.3) is 0 Å². The van der Waals surface area contributed by atoms with Crippen molar-refractivity contribution in [3.05, 3.63) is 64.6 Å². The first-order valence-electron chi connectivity index (χ1n) is 9.03. The molecule has 2 atom stereocenters. The molecule has 0 bridgehead atoms. The van der Waals surface area contributed by atoms with Crippen molar-refractivity contribution in [3.63, 3.8) is 0 Å². The molecule has 0 aliphatic carbocycles. The number of piperidine rings is 1. The molecular weight excluding hydrogens is 428 g/mol. The minimum Gasteiger partial charge on any atom is -0.348 e. The third-order valence-corrected chi connectivity index (χ3v) is 7.48. The molecule has 0 aromatic heterocycles. The molecule has 0 radical (unpaired) electrons. The Labute approximate surface area is 169 Å². The number of hydrogen-bond donors (Lipinski definition) is 1. The van der Waals surface area contributed by atoms with Crippen molar-refractivity contribution in [3.8, 4) is 0 Å². The molecule has 1 amide bonds. The van der Waals surface area contributed by atoms with E-state index in [2.05, 4.69) is 21.2 Å². The number of rotatable bonds is 5. The third kappa shape index (κ3) is 4.42. The van der Waals surface area contributed by atoms with Crippen LogP contribution in [-0.4, -0.2) is 31.2 Å². The number of nitrogens with one attached hydrogen (secondary N) is 1. The van der Waals surface area contributed by atoms with Crippen LogP contribution < -0.4 is 5.32 Å². The van der Waals surface area contributed by atoms with E-state index in [0.717, 1.165) is 22.9 Å². The van der Waals surface area contributed by atoms with Crippen molar-refractivity contribution >= 4 is 31.9 Å². The number of benzene rings is 2. The molecule has 3 rings (SSSR count). The molecule has 2 aromatic rings. The Morgan fingerprint density at radius 1 is 1.11 bits per heavy atom. The van der Waals surface area contributed by atoms with E-state index in [1.54, 1.807) is 30.3 Å². The van der Waals surface area contributed by atoms with E-state index in [1.165, 1.54) is 4.31 Å². The fourth-order valence-corrected chi connectivity index (χ4v) is 5.70. The molecule has 1 fully saturated rings. The van der Waals surface area contributed by atoms with Gasteiger partial charge in [-0.1, -0.05) is 58.7 Å². The lowest BCUT2D eigenvalue weighted by atomic mass is 10.0. The molecule has 2 aromatic carbocycles. The first-order valence-corrected chi connectivity index (χ1v) is 11.3. The van der Waals surface area contributed by atoms with Gasteiger partial charge in [0.25, 0.3) is 0 Å². The van der Waals surface area contributed by atoms with Gasteiger partial charge in [-0.25, -0.2) is 8.42 Å². The number of amides is 1. The smallest absolute Gasteiger partial charge is 0.243 e. The van der Waals surface area contributed by atoms with E-state index in [-0.39, 0.29) is 16.8 Å². The van der Waals surface area contributed by atoms with Crippen molar-refractivity contribution in [2.75, 3.05) is 6.54 Å². The van der Waals surface area contributed by atoms with Crippen LogP contribution in [0.3, 0.4) is 0 Å². The number of carbonyl (C=O) groups excluding carboxylic acids is 1. The summed E-state index contributed by atoms with van der Waals surface area (Å²) in [7, 11) is -3.70. The summed E-state index contributed by atoms with van der Waals surface area (Å²) in [5, 5.41) is 2.99. The van der Waals surface area contributed by atoms with Crippen molar-refractivity contribution in [2.24, 2.45) is 0 Å². The highest BCUT2D eigenvalue weighted by atomic mass is 79.9. The summed E-state index contributed by atoms with van der Waals surface area (Å²) in [5.41, 5.74) is 0.958. The number of sulfonamides is 1. The van der Waals surface area contributed by atoms with Gasteiger partial charge in [-0.2, -0.15) is 4.31 Å². The minimum atomic E-state index is -3.70. The third-order valence-electron chi connectivity index (χ3n) is 4.84. The average molecular weight is 451 g/mol. The Hall–Kier alpha value is -1.70. The Morgan fingerprint density at radius 2 is 1.78 bits per heavy atom. The molecule has 1 heterocycles. The Bertz CT molecular complexity index is 902. The largest absolute Gasteiger partial charge is 0.348 e. The fraction of sp³-hybridized carbons (Fsp3) is 0.350. The summed E-state index contributed by atoms with van der Waals surface area (Å²) in [6, 6.07) is 15.1. The highest BCUT2D eigenvalue weighted by Gasteiger charge is 2.37. The minimum absolute atomic E-state index is 0.226. The molecule has 144 valence electrons. The summed E-state index contributed by atoms with van der Waals surface area (Å²) in [4.78, 5) is 13.2. The van der Waals surface area contributed by atoms with Gasteiger partial charge in [-0.3, -0.25) is 4.79 Å². The summed E-state index contributed by atoms with van der Waals surface area (Å²) >= 11 is 3.50. The topological polar surface area (TPSA) is 66.5 Å². The zero-order valence-electron chi connectivity index (χ0n) is 15.1. The SMILES string of the molecule is CC(NC(=O)C1CCCCN1S(=O)(=O)c1ccccc1)c1ccccc1Br. The zero-order valence-corrected chi connectivity index (χ0v) is 17.5. The molecule has 2 unspecified atom stereocenters. The van der Waals surface area contributed by atoms with Gasteiger partial charge in [-0.15, -0.1) is 0 Å². The van der Waals surface area contributed by atoms with Gasteiger partial charge in [0.15, 0.2) is 0 Å².